The van der Waals surface area contributed by atoms with E-state index < -0.39 is 5.78 Å². The molecule has 0 saturated heterocycles. The Morgan fingerprint density at radius 2 is 2.18 bits per heavy atom. The Bertz CT molecular complexity index is 274. The van der Waals surface area contributed by atoms with Gasteiger partial charge >= 0.3 is 0 Å². The van der Waals surface area contributed by atoms with E-state index in [-0.39, 0.29) is 11.5 Å². The van der Waals surface area contributed by atoms with E-state index in [0.717, 1.165) is 6.08 Å². The van der Waals surface area contributed by atoms with Crippen molar-refractivity contribution in [2.75, 3.05) is 0 Å². The minimum Gasteiger partial charge on any atom is -0.508 e. The van der Waals surface area contributed by atoms with Gasteiger partial charge in [-0.25, -0.2) is 0 Å². The van der Waals surface area contributed by atoms with Crippen LogP contribution in [0.1, 0.15) is 13.3 Å². The first kappa shape index (κ1) is 7.72. The Morgan fingerprint density at radius 1 is 1.55 bits per heavy atom. The SMILES string of the molecule is CCC1=CC(=N)C(=O)C=C1O. The van der Waals surface area contributed by atoms with E-state index in [1.165, 1.54) is 6.08 Å². The molecule has 0 saturated carbocycles. The van der Waals surface area contributed by atoms with Crippen molar-refractivity contribution in [2.45, 2.75) is 13.3 Å². The van der Waals surface area contributed by atoms with Crippen molar-refractivity contribution in [3.8, 4) is 0 Å². The number of ketones is 1. The van der Waals surface area contributed by atoms with Gasteiger partial charge in [0.15, 0.2) is 0 Å². The Balaban J connectivity index is 3.00. The fraction of sp³-hybridized carbons (Fsp3) is 0.250. The third kappa shape index (κ3) is 1.37. The van der Waals surface area contributed by atoms with Gasteiger partial charge in [0.2, 0.25) is 5.78 Å². The number of hydrogen-bond acceptors (Lipinski definition) is 3. The predicted octanol–water partition coefficient (Wildman–Crippen LogP) is 1.37. The number of aliphatic hydroxyl groups is 1. The Hall–Kier alpha value is -1.38. The molecule has 0 atom stereocenters. The highest BCUT2D eigenvalue weighted by atomic mass is 16.3. The molecule has 0 unspecified atom stereocenters. The molecular formula is C8H9NO2. The van der Waals surface area contributed by atoms with Gasteiger partial charge in [-0.3, -0.25) is 10.2 Å². The third-order valence-electron chi connectivity index (χ3n) is 1.56. The Kier molecular flexibility index (Phi) is 1.89. The molecule has 0 heterocycles. The lowest BCUT2D eigenvalue weighted by atomic mass is 10.0. The molecule has 3 nitrogen and oxygen atoms in total. The van der Waals surface area contributed by atoms with E-state index >= 15 is 0 Å². The van der Waals surface area contributed by atoms with Crippen molar-refractivity contribution < 1.29 is 9.90 Å². The number of aliphatic hydroxyl groups excluding tert-OH is 1. The second-order valence-corrected chi connectivity index (χ2v) is 2.33. The van der Waals surface area contributed by atoms with Crippen LogP contribution >= 0.6 is 0 Å². The van der Waals surface area contributed by atoms with Crippen molar-refractivity contribution >= 4 is 11.5 Å². The second kappa shape index (κ2) is 2.70. The molecule has 0 fully saturated rings. The summed E-state index contributed by atoms with van der Waals surface area (Å²) in [6.07, 6.45) is 3.12. The Morgan fingerprint density at radius 3 is 2.73 bits per heavy atom. The number of nitrogens with one attached hydrogen (secondary N) is 1. The van der Waals surface area contributed by atoms with Crippen LogP contribution in [0.3, 0.4) is 0 Å². The van der Waals surface area contributed by atoms with Gasteiger partial charge in [-0.1, -0.05) is 6.92 Å². The molecule has 3 heteroatoms. The highest BCUT2D eigenvalue weighted by Crippen LogP contribution is 2.15. The van der Waals surface area contributed by atoms with Crippen LogP contribution in [0.4, 0.5) is 0 Å². The van der Waals surface area contributed by atoms with Crippen LogP contribution in [0, 0.1) is 5.41 Å². The van der Waals surface area contributed by atoms with Gasteiger partial charge in [0.1, 0.15) is 11.5 Å². The first-order valence-electron chi connectivity index (χ1n) is 3.39. The summed E-state index contributed by atoms with van der Waals surface area (Å²) in [5, 5.41) is 16.3. The molecule has 1 rings (SSSR count). The van der Waals surface area contributed by atoms with E-state index in [4.69, 9.17) is 10.5 Å². The fourth-order valence-electron chi connectivity index (χ4n) is 0.897. The maximum atomic E-state index is 10.8. The normalized spacial score (nSPS) is 17.9. The van der Waals surface area contributed by atoms with E-state index in [1.54, 1.807) is 0 Å². The lowest BCUT2D eigenvalue weighted by molar-refractivity contribution is -0.109. The van der Waals surface area contributed by atoms with Crippen LogP contribution in [0.15, 0.2) is 23.5 Å². The summed E-state index contributed by atoms with van der Waals surface area (Å²) < 4.78 is 0. The first-order valence-corrected chi connectivity index (χ1v) is 3.39. The number of rotatable bonds is 1. The summed E-state index contributed by atoms with van der Waals surface area (Å²) in [6.45, 7) is 1.86. The summed E-state index contributed by atoms with van der Waals surface area (Å²) in [6, 6.07) is 0. The molecule has 0 aromatic heterocycles. The van der Waals surface area contributed by atoms with Crippen LogP contribution < -0.4 is 0 Å². The molecule has 1 aliphatic carbocycles. The average Bonchev–Trinajstić information content (AvgIpc) is 1.97. The molecule has 0 bridgehead atoms. The fourth-order valence-corrected chi connectivity index (χ4v) is 0.897. The Labute approximate surface area is 64.5 Å². The van der Waals surface area contributed by atoms with Gasteiger partial charge in [0.05, 0.1) is 0 Å². The van der Waals surface area contributed by atoms with Gasteiger partial charge < -0.3 is 5.11 Å². The van der Waals surface area contributed by atoms with Gasteiger partial charge in [-0.2, -0.15) is 0 Å². The topological polar surface area (TPSA) is 61.2 Å². The highest BCUT2D eigenvalue weighted by molar-refractivity contribution is 6.48. The van der Waals surface area contributed by atoms with Crippen molar-refractivity contribution in [1.29, 1.82) is 5.41 Å². The summed E-state index contributed by atoms with van der Waals surface area (Å²) in [5.41, 5.74) is 0.592. The van der Waals surface area contributed by atoms with Gasteiger partial charge in [-0.15, -0.1) is 0 Å². The van der Waals surface area contributed by atoms with E-state index in [0.29, 0.717) is 12.0 Å². The number of hydrogen-bond donors (Lipinski definition) is 2. The van der Waals surface area contributed by atoms with Crippen LogP contribution in [0.25, 0.3) is 0 Å². The summed E-state index contributed by atoms with van der Waals surface area (Å²) >= 11 is 0. The van der Waals surface area contributed by atoms with E-state index in [9.17, 15) is 4.79 Å². The second-order valence-electron chi connectivity index (χ2n) is 2.33. The third-order valence-corrected chi connectivity index (χ3v) is 1.56. The lowest BCUT2D eigenvalue weighted by Crippen LogP contribution is -2.13. The van der Waals surface area contributed by atoms with Gasteiger partial charge in [0.25, 0.3) is 0 Å². The smallest absolute Gasteiger partial charge is 0.207 e. The lowest BCUT2D eigenvalue weighted by Gasteiger charge is -2.07. The summed E-state index contributed by atoms with van der Waals surface area (Å²) in [5.74, 6) is -0.437. The molecular weight excluding hydrogens is 142 g/mol. The quantitative estimate of drug-likeness (QED) is 0.556. The van der Waals surface area contributed by atoms with Crippen molar-refractivity contribution in [2.24, 2.45) is 0 Å². The minimum atomic E-state index is -0.431. The largest absolute Gasteiger partial charge is 0.508 e. The molecule has 1 aliphatic rings. The molecule has 0 spiro atoms. The zero-order valence-corrected chi connectivity index (χ0v) is 6.22. The summed E-state index contributed by atoms with van der Waals surface area (Å²) in [7, 11) is 0. The average molecular weight is 151 g/mol. The molecule has 0 radical (unpaired) electrons. The molecule has 58 valence electrons. The molecule has 11 heavy (non-hydrogen) atoms. The molecule has 0 aromatic rings. The van der Waals surface area contributed by atoms with Crippen LogP contribution in [0.5, 0.6) is 0 Å². The van der Waals surface area contributed by atoms with Gasteiger partial charge in [-0.05, 0) is 18.1 Å². The minimum absolute atomic E-state index is 0.00602. The van der Waals surface area contributed by atoms with Crippen LogP contribution in [0.2, 0.25) is 0 Å². The van der Waals surface area contributed by atoms with Crippen LogP contribution in [-0.4, -0.2) is 16.6 Å². The van der Waals surface area contributed by atoms with E-state index in [1.807, 2.05) is 6.92 Å². The standard InChI is InChI=1S/C8H9NO2/c1-2-5-3-6(9)8(11)4-7(5)10/h3-4,9-10H,2H2,1H3. The molecule has 0 aliphatic heterocycles. The maximum absolute atomic E-state index is 10.8. The number of carbonyl (C=O) groups is 1. The number of carbonyl (C=O) groups excluding carboxylic acids is 1. The highest BCUT2D eigenvalue weighted by Gasteiger charge is 2.14. The molecule has 0 amide bonds. The zero-order valence-electron chi connectivity index (χ0n) is 6.22. The molecule has 2 N–H and O–H groups in total. The van der Waals surface area contributed by atoms with E-state index in [2.05, 4.69) is 0 Å². The first-order chi connectivity index (χ1) is 5.15. The molecule has 0 aromatic carbocycles. The van der Waals surface area contributed by atoms with Crippen molar-refractivity contribution in [3.63, 3.8) is 0 Å². The predicted molar refractivity (Wildman–Crippen MR) is 41.8 cm³/mol. The maximum Gasteiger partial charge on any atom is 0.207 e. The number of allylic oxidation sites excluding steroid dienone is 3. The monoisotopic (exact) mass is 151 g/mol. The summed E-state index contributed by atoms with van der Waals surface area (Å²) in [4.78, 5) is 10.8. The van der Waals surface area contributed by atoms with Crippen molar-refractivity contribution in [1.82, 2.24) is 0 Å². The van der Waals surface area contributed by atoms with Crippen molar-refractivity contribution in [3.05, 3.63) is 23.5 Å². The van der Waals surface area contributed by atoms with Gasteiger partial charge in [0, 0.05) is 6.08 Å². The van der Waals surface area contributed by atoms with Crippen LogP contribution in [-0.2, 0) is 4.79 Å². The zero-order chi connectivity index (χ0) is 8.43.